The molecule has 0 unspecified atom stereocenters. The highest BCUT2D eigenvalue weighted by atomic mass is 16.6. The molecule has 4 heteroatoms. The van der Waals surface area contributed by atoms with Gasteiger partial charge in [0, 0.05) is 0 Å². The van der Waals surface area contributed by atoms with E-state index >= 15 is 0 Å². The Morgan fingerprint density at radius 2 is 1.31 bits per heavy atom. The molecule has 0 N–H and O–H groups in total. The van der Waals surface area contributed by atoms with Crippen LogP contribution in [0.15, 0.2) is 12.1 Å². The van der Waals surface area contributed by atoms with Gasteiger partial charge in [0.1, 0.15) is 0 Å². The molecule has 6 aliphatic carbocycles. The Hall–Kier alpha value is -0.210. The molecule has 6 saturated carbocycles. The second kappa shape index (κ2) is 7.16. The van der Waals surface area contributed by atoms with Crippen molar-refractivity contribution < 1.29 is 9.31 Å². The lowest BCUT2D eigenvalue weighted by Crippen LogP contribution is -2.59. The monoisotopic (exact) mass is 396 g/mol. The van der Waals surface area contributed by atoms with Gasteiger partial charge in [0.2, 0.25) is 0 Å². The Morgan fingerprint density at radius 1 is 0.828 bits per heavy atom. The van der Waals surface area contributed by atoms with E-state index in [9.17, 15) is 0 Å². The molecule has 0 aromatic carbocycles. The van der Waals surface area contributed by atoms with Gasteiger partial charge in [0.05, 0.1) is 13.2 Å². The highest BCUT2D eigenvalue weighted by Crippen LogP contribution is 2.69. The summed E-state index contributed by atoms with van der Waals surface area (Å²) in [4.78, 5) is 0. The fourth-order valence-electron chi connectivity index (χ4n) is 9.01. The van der Waals surface area contributed by atoms with Gasteiger partial charge in [-0.1, -0.05) is 84.4 Å². The van der Waals surface area contributed by atoms with Gasteiger partial charge in [-0.15, -0.1) is 0 Å². The average Bonchev–Trinajstić information content (AvgIpc) is 3.19. The van der Waals surface area contributed by atoms with Crippen molar-refractivity contribution in [1.29, 1.82) is 0 Å². The zero-order valence-corrected chi connectivity index (χ0v) is 19.7. The lowest BCUT2D eigenvalue weighted by Gasteiger charge is -2.66. The van der Waals surface area contributed by atoms with Gasteiger partial charge >= 0.3 is 7.12 Å². The van der Waals surface area contributed by atoms with Gasteiger partial charge < -0.3 is 9.31 Å². The first-order chi connectivity index (χ1) is 13.7. The molecular formula is C25H42B2O2. The summed E-state index contributed by atoms with van der Waals surface area (Å²) < 4.78 is 11.3. The smallest absolute Gasteiger partial charge is 0.405 e. The van der Waals surface area contributed by atoms with E-state index in [4.69, 9.17) is 9.31 Å². The highest BCUT2D eigenvalue weighted by molar-refractivity contribution is 6.63. The van der Waals surface area contributed by atoms with Gasteiger partial charge in [0.15, 0.2) is 6.71 Å². The molecule has 0 amide bonds. The van der Waals surface area contributed by atoms with Crippen molar-refractivity contribution in [3.05, 3.63) is 12.1 Å². The largest absolute Gasteiger partial charge is 0.485 e. The molecule has 2 nitrogen and oxygen atoms in total. The normalized spacial score (nSPS) is 47.0. The minimum absolute atomic E-state index is 0.0946. The third kappa shape index (κ3) is 3.13. The summed E-state index contributed by atoms with van der Waals surface area (Å²) >= 11 is 0. The molecule has 0 aromatic heterocycles. The Kier molecular flexibility index (Phi) is 5.10. The zero-order valence-electron chi connectivity index (χ0n) is 19.7. The van der Waals surface area contributed by atoms with Crippen LogP contribution >= 0.6 is 0 Å². The SMILES string of the molecule is C[C@@H]1[C@@H](B(C/C=C/B2OCCO2)[C@H]2C[C@H]3C[C@@H]([C@@H]2C)C3(C)C)C[C@H]2C[C@@H]1C2(C)C. The van der Waals surface area contributed by atoms with Crippen molar-refractivity contribution in [2.45, 2.75) is 85.2 Å². The first-order valence-electron chi connectivity index (χ1n) is 12.6. The Balaban J connectivity index is 1.35. The Morgan fingerprint density at radius 3 is 1.72 bits per heavy atom. The van der Waals surface area contributed by atoms with Crippen molar-refractivity contribution in [3.63, 3.8) is 0 Å². The van der Waals surface area contributed by atoms with Gasteiger partial charge in [-0.2, -0.15) is 0 Å². The molecule has 1 aliphatic heterocycles. The predicted molar refractivity (Wildman–Crippen MR) is 123 cm³/mol. The lowest BCUT2D eigenvalue weighted by molar-refractivity contribution is -0.107. The van der Waals surface area contributed by atoms with Gasteiger partial charge in [-0.25, -0.2) is 0 Å². The first kappa shape index (κ1) is 20.7. The Bertz CT molecular complexity index is 611. The number of fused-ring (bicyclic) bond motifs is 4. The molecule has 8 atom stereocenters. The predicted octanol–water partition coefficient (Wildman–Crippen LogP) is 6.26. The van der Waals surface area contributed by atoms with Crippen molar-refractivity contribution in [2.24, 2.45) is 46.3 Å². The molecule has 160 valence electrons. The standard InChI is InChI=1S/C25H42B2O2/c1-16-20-12-18(24(20,3)4)14-22(16)26(8-7-9-27-28-10-11-29-27)23-15-19-13-21(17(23)2)25(19,5)6/h7,9,16-23H,8,10-15H2,1-6H3/b9-7+/t16-,17-,18+,19+,20-,21-,22-,23-/m0/s1. The summed E-state index contributed by atoms with van der Waals surface area (Å²) in [5.41, 5.74) is 1.17. The summed E-state index contributed by atoms with van der Waals surface area (Å²) in [5, 5.41) is 0. The van der Waals surface area contributed by atoms with Crippen LogP contribution in [-0.4, -0.2) is 27.0 Å². The second-order valence-electron chi connectivity index (χ2n) is 12.7. The minimum atomic E-state index is -0.0946. The highest BCUT2D eigenvalue weighted by Gasteiger charge is 2.62. The van der Waals surface area contributed by atoms with E-state index in [1.807, 2.05) is 0 Å². The molecule has 4 bridgehead atoms. The van der Waals surface area contributed by atoms with Crippen LogP contribution in [-0.2, 0) is 9.31 Å². The van der Waals surface area contributed by atoms with E-state index in [1.54, 1.807) is 0 Å². The van der Waals surface area contributed by atoms with Crippen molar-refractivity contribution in [3.8, 4) is 0 Å². The number of hydrogen-bond acceptors (Lipinski definition) is 2. The quantitative estimate of drug-likeness (QED) is 0.511. The average molecular weight is 396 g/mol. The fraction of sp³-hybridized carbons (Fsp3) is 0.920. The third-order valence-electron chi connectivity index (χ3n) is 11.3. The van der Waals surface area contributed by atoms with Crippen LogP contribution in [0.2, 0.25) is 18.0 Å². The van der Waals surface area contributed by atoms with E-state index in [0.717, 1.165) is 67.1 Å². The van der Waals surface area contributed by atoms with Crippen LogP contribution in [0.5, 0.6) is 0 Å². The number of rotatable bonds is 5. The van der Waals surface area contributed by atoms with E-state index in [-0.39, 0.29) is 7.12 Å². The molecule has 0 radical (unpaired) electrons. The van der Waals surface area contributed by atoms with E-state index in [0.29, 0.717) is 10.8 Å². The molecule has 7 aliphatic rings. The lowest BCUT2D eigenvalue weighted by atomic mass is 9.20. The van der Waals surface area contributed by atoms with Crippen LogP contribution in [0.25, 0.3) is 0 Å². The topological polar surface area (TPSA) is 18.5 Å². The summed E-state index contributed by atoms with van der Waals surface area (Å²) in [7, 11) is -0.0946. The van der Waals surface area contributed by atoms with Gasteiger partial charge in [0.25, 0.3) is 0 Å². The van der Waals surface area contributed by atoms with Crippen LogP contribution in [0.3, 0.4) is 0 Å². The molecule has 1 saturated heterocycles. The first-order valence-corrected chi connectivity index (χ1v) is 12.6. The summed E-state index contributed by atoms with van der Waals surface area (Å²) in [5.74, 6) is 9.61. The number of allylic oxidation sites excluding steroid dienone is 1. The van der Waals surface area contributed by atoms with Crippen molar-refractivity contribution in [2.75, 3.05) is 13.2 Å². The summed E-state index contributed by atoms with van der Waals surface area (Å²) in [6, 6.07) is 0. The second-order valence-corrected chi connectivity index (χ2v) is 12.7. The molecule has 0 aromatic rings. The maximum atomic E-state index is 5.66. The maximum absolute atomic E-state index is 5.66. The summed E-state index contributed by atoms with van der Waals surface area (Å²) in [6.07, 6.45) is 9.60. The molecule has 1 heterocycles. The van der Waals surface area contributed by atoms with Crippen molar-refractivity contribution in [1.82, 2.24) is 0 Å². The molecular weight excluding hydrogens is 354 g/mol. The zero-order chi connectivity index (χ0) is 20.6. The molecule has 7 rings (SSSR count). The van der Waals surface area contributed by atoms with E-state index in [1.165, 1.54) is 32.0 Å². The van der Waals surface area contributed by atoms with Crippen LogP contribution < -0.4 is 0 Å². The number of hydrogen-bond donors (Lipinski definition) is 0. The van der Waals surface area contributed by atoms with E-state index in [2.05, 4.69) is 53.6 Å². The fourth-order valence-corrected chi connectivity index (χ4v) is 9.01. The van der Waals surface area contributed by atoms with Gasteiger partial charge in [-0.05, 0) is 59.2 Å². The van der Waals surface area contributed by atoms with Crippen LogP contribution in [0.1, 0.15) is 67.2 Å². The van der Waals surface area contributed by atoms with Crippen LogP contribution in [0, 0.1) is 46.3 Å². The third-order valence-corrected chi connectivity index (χ3v) is 11.3. The molecule has 7 fully saturated rings. The van der Waals surface area contributed by atoms with Crippen LogP contribution in [0.4, 0.5) is 0 Å². The summed E-state index contributed by atoms with van der Waals surface area (Å²) in [6.45, 7) is 17.7. The minimum Gasteiger partial charge on any atom is -0.405 e. The Labute approximate surface area is 180 Å². The maximum Gasteiger partial charge on any atom is 0.485 e. The van der Waals surface area contributed by atoms with E-state index < -0.39 is 0 Å². The molecule has 29 heavy (non-hydrogen) atoms. The molecule has 0 spiro atoms. The van der Waals surface area contributed by atoms with Gasteiger partial charge in [-0.3, -0.25) is 0 Å². The van der Waals surface area contributed by atoms with Crippen molar-refractivity contribution >= 4 is 13.8 Å².